The first kappa shape index (κ1) is 27.4. The number of methoxy groups -OCH3 is 1. The quantitative estimate of drug-likeness (QED) is 0.324. The van der Waals surface area contributed by atoms with Crippen molar-refractivity contribution in [3.05, 3.63) is 50.7 Å². The van der Waals surface area contributed by atoms with Gasteiger partial charge in [0.1, 0.15) is 16.2 Å². The number of amides is 3. The van der Waals surface area contributed by atoms with E-state index in [4.69, 9.17) is 21.1 Å². The van der Waals surface area contributed by atoms with Crippen LogP contribution in [0.4, 0.5) is 4.79 Å². The van der Waals surface area contributed by atoms with Crippen LogP contribution in [-0.4, -0.2) is 59.7 Å². The molecule has 10 nitrogen and oxygen atoms in total. The maximum atomic E-state index is 12.8. The average Bonchev–Trinajstić information content (AvgIpc) is 3.15. The number of rotatable bonds is 9. The van der Waals surface area contributed by atoms with Crippen molar-refractivity contribution >= 4 is 40.8 Å². The Balaban J connectivity index is 2.02. The Labute approximate surface area is 206 Å². The number of thiophene rings is 1. The van der Waals surface area contributed by atoms with E-state index in [1.165, 1.54) is 25.3 Å². The second-order valence-corrected chi connectivity index (χ2v) is 9.69. The van der Waals surface area contributed by atoms with Crippen molar-refractivity contribution in [3.8, 4) is 5.75 Å². The van der Waals surface area contributed by atoms with Crippen molar-refractivity contribution in [2.24, 2.45) is 0 Å². The van der Waals surface area contributed by atoms with E-state index in [-0.39, 0.29) is 33.6 Å². The molecule has 0 saturated heterocycles. The molecule has 0 fully saturated rings. The second-order valence-electron chi connectivity index (χ2n) is 8.23. The number of aliphatic hydroxyl groups excluding tert-OH is 1. The summed E-state index contributed by atoms with van der Waals surface area (Å²) in [5.74, 6) is -1.03. The maximum Gasteiger partial charge on any atom is 0.407 e. The monoisotopic (exact) mass is 513 g/mol. The van der Waals surface area contributed by atoms with Gasteiger partial charge in [0, 0.05) is 20.2 Å². The highest BCUT2D eigenvalue weighted by Gasteiger charge is 2.26. The van der Waals surface area contributed by atoms with Gasteiger partial charge in [-0.1, -0.05) is 23.7 Å². The number of ether oxygens (including phenoxy) is 2. The number of hydrogen-bond donors (Lipinski definition) is 5. The predicted molar refractivity (Wildman–Crippen MR) is 127 cm³/mol. The lowest BCUT2D eigenvalue weighted by molar-refractivity contribution is -0.0941. The minimum Gasteiger partial charge on any atom is -0.508 e. The molecule has 1 aromatic heterocycles. The molecule has 0 radical (unpaired) electrons. The third kappa shape index (κ3) is 8.49. The van der Waals surface area contributed by atoms with Crippen molar-refractivity contribution in [2.75, 3.05) is 13.7 Å². The third-order valence-electron chi connectivity index (χ3n) is 4.25. The fraction of sp³-hybridized carbons (Fsp3) is 0.409. The lowest BCUT2D eigenvalue weighted by Gasteiger charge is -2.25. The molecular formula is C22H28ClN3O7S. The SMILES string of the molecule is COC(O)C(CNC(=O)OC(C)(C)C)NC(=O)c1sc(C(=O)NCc2cccc(O)c2)cc1Cl. The van der Waals surface area contributed by atoms with Crippen LogP contribution in [0, 0.1) is 0 Å². The average molecular weight is 514 g/mol. The Morgan fingerprint density at radius 3 is 2.47 bits per heavy atom. The molecule has 0 aliphatic carbocycles. The Kier molecular flexibility index (Phi) is 9.68. The van der Waals surface area contributed by atoms with Gasteiger partial charge in [-0.25, -0.2) is 4.79 Å². The molecule has 3 amide bonds. The fourth-order valence-corrected chi connectivity index (χ4v) is 3.95. The first-order valence-electron chi connectivity index (χ1n) is 10.2. The number of benzene rings is 1. The summed E-state index contributed by atoms with van der Waals surface area (Å²) in [4.78, 5) is 37.4. The van der Waals surface area contributed by atoms with Gasteiger partial charge < -0.3 is 35.6 Å². The highest BCUT2D eigenvalue weighted by Crippen LogP contribution is 2.27. The van der Waals surface area contributed by atoms with E-state index in [2.05, 4.69) is 16.0 Å². The summed E-state index contributed by atoms with van der Waals surface area (Å²) < 4.78 is 10.0. The van der Waals surface area contributed by atoms with Gasteiger partial charge in [0.25, 0.3) is 11.8 Å². The van der Waals surface area contributed by atoms with E-state index in [1.807, 2.05) is 0 Å². The summed E-state index contributed by atoms with van der Waals surface area (Å²) in [6.45, 7) is 5.09. The van der Waals surface area contributed by atoms with E-state index >= 15 is 0 Å². The Hall–Kier alpha value is -2.86. The van der Waals surface area contributed by atoms with E-state index < -0.39 is 35.8 Å². The molecule has 0 bridgehead atoms. The van der Waals surface area contributed by atoms with Gasteiger partial charge in [-0.3, -0.25) is 9.59 Å². The highest BCUT2D eigenvalue weighted by molar-refractivity contribution is 7.16. The molecule has 2 aromatic rings. The van der Waals surface area contributed by atoms with E-state index in [9.17, 15) is 24.6 Å². The minimum absolute atomic E-state index is 0.0507. The van der Waals surface area contributed by atoms with Crippen LogP contribution in [0.3, 0.4) is 0 Å². The summed E-state index contributed by atoms with van der Waals surface area (Å²) in [7, 11) is 1.24. The summed E-state index contributed by atoms with van der Waals surface area (Å²) >= 11 is 7.04. The van der Waals surface area contributed by atoms with Crippen LogP contribution in [0.2, 0.25) is 5.02 Å². The van der Waals surface area contributed by atoms with Crippen LogP contribution in [-0.2, 0) is 16.0 Å². The van der Waals surface area contributed by atoms with Gasteiger partial charge in [0.2, 0.25) is 0 Å². The van der Waals surface area contributed by atoms with Gasteiger partial charge >= 0.3 is 6.09 Å². The number of phenols is 1. The molecule has 12 heteroatoms. The van der Waals surface area contributed by atoms with Gasteiger partial charge in [0.05, 0.1) is 15.9 Å². The van der Waals surface area contributed by atoms with Crippen molar-refractivity contribution in [2.45, 2.75) is 45.2 Å². The molecule has 1 aromatic carbocycles. The molecule has 2 rings (SSSR count). The molecule has 186 valence electrons. The van der Waals surface area contributed by atoms with Crippen molar-refractivity contribution in [1.82, 2.24) is 16.0 Å². The van der Waals surface area contributed by atoms with Crippen LogP contribution in [0.5, 0.6) is 5.75 Å². The Morgan fingerprint density at radius 1 is 1.15 bits per heavy atom. The van der Waals surface area contributed by atoms with Crippen molar-refractivity contribution in [1.29, 1.82) is 0 Å². The van der Waals surface area contributed by atoms with Gasteiger partial charge in [0.15, 0.2) is 6.29 Å². The molecule has 0 aliphatic rings. The van der Waals surface area contributed by atoms with Gasteiger partial charge in [-0.15, -0.1) is 11.3 Å². The van der Waals surface area contributed by atoms with Crippen LogP contribution < -0.4 is 16.0 Å². The number of halogens is 1. The van der Waals surface area contributed by atoms with Crippen molar-refractivity contribution < 1.29 is 34.1 Å². The van der Waals surface area contributed by atoms with Gasteiger partial charge in [-0.05, 0) is 44.5 Å². The van der Waals surface area contributed by atoms with Crippen LogP contribution in [0.15, 0.2) is 30.3 Å². The fourth-order valence-electron chi connectivity index (χ4n) is 2.70. The van der Waals surface area contributed by atoms with Crippen molar-refractivity contribution in [3.63, 3.8) is 0 Å². The summed E-state index contributed by atoms with van der Waals surface area (Å²) in [6.07, 6.45) is -2.16. The number of carbonyl (C=O) groups is 3. The molecular weight excluding hydrogens is 486 g/mol. The van der Waals surface area contributed by atoms with E-state index in [1.54, 1.807) is 32.9 Å². The first-order valence-corrected chi connectivity index (χ1v) is 11.4. The second kappa shape index (κ2) is 12.0. The molecule has 34 heavy (non-hydrogen) atoms. The number of phenolic OH excluding ortho intramolecular Hbond substituents is 1. The smallest absolute Gasteiger partial charge is 0.407 e. The zero-order valence-corrected chi connectivity index (χ0v) is 20.7. The Morgan fingerprint density at radius 2 is 1.85 bits per heavy atom. The van der Waals surface area contributed by atoms with Gasteiger partial charge in [-0.2, -0.15) is 0 Å². The summed E-state index contributed by atoms with van der Waals surface area (Å²) in [5.41, 5.74) is -0.0201. The minimum atomic E-state index is -1.43. The zero-order valence-electron chi connectivity index (χ0n) is 19.2. The molecule has 0 aliphatic heterocycles. The molecule has 2 unspecified atom stereocenters. The first-order chi connectivity index (χ1) is 15.9. The zero-order chi connectivity index (χ0) is 25.5. The number of hydrogen-bond acceptors (Lipinski definition) is 8. The van der Waals surface area contributed by atoms with E-state index in [0.717, 1.165) is 11.3 Å². The lowest BCUT2D eigenvalue weighted by Crippen LogP contribution is -2.51. The number of alkyl carbamates (subject to hydrolysis) is 1. The van der Waals surface area contributed by atoms with Crippen LogP contribution in [0.25, 0.3) is 0 Å². The standard InChI is InChI=1S/C22H28ClN3O7S/c1-22(2,3)33-21(31)25-11-15(20(30)32-4)26-19(29)17-14(23)9-16(34-17)18(28)24-10-12-6-5-7-13(27)8-12/h5-9,15,20,27,30H,10-11H2,1-4H3,(H,24,28)(H,25,31)(H,26,29). The third-order valence-corrected chi connectivity index (χ3v) is 5.79. The summed E-state index contributed by atoms with van der Waals surface area (Å²) in [5, 5.41) is 27.3. The number of nitrogens with one attached hydrogen (secondary N) is 3. The van der Waals surface area contributed by atoms with Crippen LogP contribution >= 0.6 is 22.9 Å². The lowest BCUT2D eigenvalue weighted by atomic mass is 10.2. The molecule has 0 spiro atoms. The largest absolute Gasteiger partial charge is 0.508 e. The molecule has 2 atom stereocenters. The van der Waals surface area contributed by atoms with E-state index in [0.29, 0.717) is 5.56 Å². The normalized spacial score (nSPS) is 13.0. The molecule has 5 N–H and O–H groups in total. The number of aliphatic hydroxyl groups is 1. The summed E-state index contributed by atoms with van der Waals surface area (Å²) in [6, 6.07) is 6.78. The maximum absolute atomic E-state index is 12.8. The molecule has 1 heterocycles. The highest BCUT2D eigenvalue weighted by atomic mass is 35.5. The number of aromatic hydroxyl groups is 1. The molecule has 0 saturated carbocycles. The van der Waals surface area contributed by atoms with Crippen LogP contribution in [0.1, 0.15) is 45.7 Å². The Bertz CT molecular complexity index is 1020. The topological polar surface area (TPSA) is 146 Å². The number of carbonyl (C=O) groups excluding carboxylic acids is 3. The predicted octanol–water partition coefficient (Wildman–Crippen LogP) is 2.62.